The van der Waals surface area contributed by atoms with E-state index < -0.39 is 13.9 Å². The fourth-order valence-corrected chi connectivity index (χ4v) is 8.27. The molecule has 2 unspecified atom stereocenters. The predicted octanol–water partition coefficient (Wildman–Crippen LogP) is 17.2. The van der Waals surface area contributed by atoms with Crippen LogP contribution in [0.2, 0.25) is 0 Å². The average molecular weight is 949 g/mol. The van der Waals surface area contributed by atoms with Gasteiger partial charge in [0.25, 0.3) is 0 Å². The minimum absolute atomic E-state index is 0.0846. The summed E-state index contributed by atoms with van der Waals surface area (Å²) in [6.07, 6.45) is 64.1. The Balaban J connectivity index is 4.11. The molecule has 0 radical (unpaired) electrons. The number of hydrogen-bond donors (Lipinski definition) is 1. The molecule has 0 saturated heterocycles. The van der Waals surface area contributed by atoms with Crippen LogP contribution in [0.4, 0.5) is 0 Å². The Morgan fingerprint density at radius 3 is 1.26 bits per heavy atom. The smallest absolute Gasteiger partial charge is 0.457 e. The highest BCUT2D eigenvalue weighted by molar-refractivity contribution is 7.47. The van der Waals surface area contributed by atoms with Crippen molar-refractivity contribution in [2.24, 2.45) is 0 Å². The van der Waals surface area contributed by atoms with Gasteiger partial charge in [-0.15, -0.1) is 0 Å². The second-order valence-corrected chi connectivity index (χ2v) is 21.1. The normalized spacial score (nSPS) is 14.0. The maximum absolute atomic E-state index is 12.8. The van der Waals surface area contributed by atoms with Crippen molar-refractivity contribution in [2.45, 2.75) is 245 Å². The molecule has 0 saturated carbocycles. The van der Waals surface area contributed by atoms with Crippen LogP contribution in [0.25, 0.3) is 0 Å². The predicted molar refractivity (Wildman–Crippen MR) is 284 cm³/mol. The summed E-state index contributed by atoms with van der Waals surface area (Å²) in [7, 11) is 1.66. The molecule has 386 valence electrons. The Morgan fingerprint density at radius 2 is 0.833 bits per heavy atom. The Morgan fingerprint density at radius 1 is 0.470 bits per heavy atom. The van der Waals surface area contributed by atoms with Crippen molar-refractivity contribution in [3.8, 4) is 0 Å². The van der Waals surface area contributed by atoms with Crippen LogP contribution < -0.4 is 0 Å². The van der Waals surface area contributed by atoms with Crippen LogP contribution in [0.1, 0.15) is 239 Å². The quantitative estimate of drug-likeness (QED) is 0.0213. The Bertz CT molecular complexity index is 1240. The molecule has 0 fully saturated rings. The molecule has 0 aromatic rings. The molecule has 0 rings (SSSR count). The molecule has 2 atom stereocenters. The Kier molecular flexibility index (Phi) is 48.3. The number of phosphoric acid groups is 1. The highest BCUT2D eigenvalue weighted by Gasteiger charge is 2.26. The fourth-order valence-electron chi connectivity index (χ4n) is 7.53. The van der Waals surface area contributed by atoms with Gasteiger partial charge in [0.05, 0.1) is 34.4 Å². The van der Waals surface area contributed by atoms with Gasteiger partial charge in [0, 0.05) is 13.0 Å². The number of quaternary nitrogens is 1. The summed E-state index contributed by atoms with van der Waals surface area (Å²) in [5, 5.41) is 0. The van der Waals surface area contributed by atoms with E-state index in [1.54, 1.807) is 0 Å². The van der Waals surface area contributed by atoms with Gasteiger partial charge in [-0.3, -0.25) is 13.8 Å². The van der Waals surface area contributed by atoms with Gasteiger partial charge in [0.1, 0.15) is 19.3 Å². The SMILES string of the molecule is CCCCCC/C=C\C/C=C\CCCCCCCCCC(=O)OC(COCCCCCCCCCCCCC/C=C\C/C=C\C/C=C\CCCCCCC)COP(=O)(O)OCC[N+](C)(C)C. The first kappa shape index (κ1) is 64.2. The second kappa shape index (κ2) is 49.6. The number of hydrogen-bond acceptors (Lipinski definition) is 6. The molecular formula is C57H107NO7P+. The summed E-state index contributed by atoms with van der Waals surface area (Å²) in [5.41, 5.74) is 0. The third-order valence-corrected chi connectivity index (χ3v) is 12.8. The number of esters is 1. The molecule has 0 aromatic carbocycles. The largest absolute Gasteiger partial charge is 0.472 e. The van der Waals surface area contributed by atoms with E-state index in [4.69, 9.17) is 18.5 Å². The lowest BCUT2D eigenvalue weighted by Gasteiger charge is -2.24. The molecular weight excluding hydrogens is 842 g/mol. The van der Waals surface area contributed by atoms with Crippen LogP contribution in [-0.2, 0) is 27.9 Å². The monoisotopic (exact) mass is 949 g/mol. The minimum atomic E-state index is -4.29. The van der Waals surface area contributed by atoms with Gasteiger partial charge in [0.2, 0.25) is 0 Å². The molecule has 0 bridgehead atoms. The van der Waals surface area contributed by atoms with E-state index in [1.165, 1.54) is 161 Å². The number of nitrogens with zero attached hydrogens (tertiary/aromatic N) is 1. The lowest BCUT2D eigenvalue weighted by Crippen LogP contribution is -2.37. The van der Waals surface area contributed by atoms with Crippen molar-refractivity contribution in [2.75, 3.05) is 54.1 Å². The van der Waals surface area contributed by atoms with Crippen LogP contribution in [-0.4, -0.2) is 75.6 Å². The molecule has 0 spiro atoms. The zero-order chi connectivity index (χ0) is 48.3. The van der Waals surface area contributed by atoms with Crippen LogP contribution in [0, 0.1) is 0 Å². The van der Waals surface area contributed by atoms with Gasteiger partial charge in [-0.2, -0.15) is 0 Å². The number of ether oxygens (including phenoxy) is 2. The van der Waals surface area contributed by atoms with Gasteiger partial charge in [0.15, 0.2) is 0 Å². The topological polar surface area (TPSA) is 91.3 Å². The van der Waals surface area contributed by atoms with E-state index in [0.29, 0.717) is 24.1 Å². The summed E-state index contributed by atoms with van der Waals surface area (Å²) in [5.74, 6) is -0.322. The second-order valence-electron chi connectivity index (χ2n) is 19.6. The van der Waals surface area contributed by atoms with Crippen molar-refractivity contribution in [3.63, 3.8) is 0 Å². The van der Waals surface area contributed by atoms with E-state index in [-0.39, 0.29) is 25.8 Å². The van der Waals surface area contributed by atoms with Crippen LogP contribution in [0.15, 0.2) is 60.8 Å². The molecule has 1 N–H and O–H groups in total. The Hall–Kier alpha value is -1.80. The van der Waals surface area contributed by atoms with Crippen LogP contribution in [0.5, 0.6) is 0 Å². The number of phosphoric ester groups is 1. The molecule has 66 heavy (non-hydrogen) atoms. The summed E-state index contributed by atoms with van der Waals surface area (Å²) >= 11 is 0. The summed E-state index contributed by atoms with van der Waals surface area (Å²) in [6, 6.07) is 0. The average Bonchev–Trinajstić information content (AvgIpc) is 3.28. The lowest BCUT2D eigenvalue weighted by molar-refractivity contribution is -0.870. The zero-order valence-corrected chi connectivity index (χ0v) is 44.8. The van der Waals surface area contributed by atoms with E-state index in [2.05, 4.69) is 74.6 Å². The maximum Gasteiger partial charge on any atom is 0.472 e. The van der Waals surface area contributed by atoms with Crippen molar-refractivity contribution in [1.29, 1.82) is 0 Å². The molecule has 0 heterocycles. The van der Waals surface area contributed by atoms with E-state index in [0.717, 1.165) is 57.8 Å². The van der Waals surface area contributed by atoms with Crippen LogP contribution in [0.3, 0.4) is 0 Å². The molecule has 0 aliphatic heterocycles. The minimum Gasteiger partial charge on any atom is -0.457 e. The van der Waals surface area contributed by atoms with Gasteiger partial charge in [-0.25, -0.2) is 4.57 Å². The first-order chi connectivity index (χ1) is 32.1. The van der Waals surface area contributed by atoms with Crippen molar-refractivity contribution >= 4 is 13.8 Å². The number of carbonyl (C=O) groups excluding carboxylic acids is 1. The molecule has 0 aliphatic rings. The number of allylic oxidation sites excluding steroid dienone is 10. The summed E-state index contributed by atoms with van der Waals surface area (Å²) in [6.45, 7) is 5.60. The fraction of sp³-hybridized carbons (Fsp3) is 0.807. The van der Waals surface area contributed by atoms with E-state index in [9.17, 15) is 14.3 Å². The van der Waals surface area contributed by atoms with Crippen molar-refractivity contribution in [1.82, 2.24) is 0 Å². The number of rotatable bonds is 51. The first-order valence-corrected chi connectivity index (χ1v) is 29.0. The third-order valence-electron chi connectivity index (χ3n) is 11.8. The van der Waals surface area contributed by atoms with Crippen molar-refractivity contribution in [3.05, 3.63) is 60.8 Å². The standard InChI is InChI=1S/C57H106NO7P/c1-6-8-10-12-14-16-18-20-22-24-26-27-28-29-30-31-32-33-35-37-39-41-43-45-47-49-52-62-54-56(55-64-66(60,61)63-53-51-58(3,4)5)65-57(59)50-48-46-44-42-40-38-36-34-25-23-21-19-17-15-13-11-9-7-2/h17-20,23-26,28-29,56H,6-16,21-22,27,30-55H2,1-5H3/p+1/b19-17-,20-18-,25-23-,26-24-,29-28-. The van der Waals surface area contributed by atoms with E-state index >= 15 is 0 Å². The Labute approximate surface area is 409 Å². The zero-order valence-electron chi connectivity index (χ0n) is 43.9. The van der Waals surface area contributed by atoms with Crippen LogP contribution >= 0.6 is 7.82 Å². The van der Waals surface area contributed by atoms with E-state index in [1.807, 2.05) is 21.1 Å². The number of carbonyl (C=O) groups is 1. The number of unbranched alkanes of at least 4 members (excludes halogenated alkanes) is 27. The summed E-state index contributed by atoms with van der Waals surface area (Å²) in [4.78, 5) is 23.0. The molecule has 0 aliphatic carbocycles. The maximum atomic E-state index is 12.8. The number of likely N-dealkylation sites (N-methyl/N-ethyl adjacent to an activating group) is 1. The molecule has 9 heteroatoms. The third kappa shape index (κ3) is 53.2. The van der Waals surface area contributed by atoms with Gasteiger partial charge in [-0.1, -0.05) is 209 Å². The highest BCUT2D eigenvalue weighted by atomic mass is 31.2. The first-order valence-electron chi connectivity index (χ1n) is 27.5. The van der Waals surface area contributed by atoms with Crippen molar-refractivity contribution < 1.29 is 37.3 Å². The molecule has 0 amide bonds. The molecule has 0 aromatic heterocycles. The highest BCUT2D eigenvalue weighted by Crippen LogP contribution is 2.43. The van der Waals surface area contributed by atoms with Gasteiger partial charge in [-0.05, 0) is 83.5 Å². The van der Waals surface area contributed by atoms with Gasteiger partial charge < -0.3 is 18.9 Å². The molecule has 8 nitrogen and oxygen atoms in total. The van der Waals surface area contributed by atoms with Gasteiger partial charge >= 0.3 is 13.8 Å². The lowest BCUT2D eigenvalue weighted by atomic mass is 10.1. The summed E-state index contributed by atoms with van der Waals surface area (Å²) < 4.78 is 35.2.